The number of hydrogen-bond acceptors (Lipinski definition) is 0. The van der Waals surface area contributed by atoms with Crippen molar-refractivity contribution in [1.82, 2.24) is 0 Å². The van der Waals surface area contributed by atoms with E-state index < -0.39 is 0 Å². The summed E-state index contributed by atoms with van der Waals surface area (Å²) in [6, 6.07) is 0. The third-order valence-electron chi connectivity index (χ3n) is 1.10. The zero-order valence-corrected chi connectivity index (χ0v) is 10.00. The van der Waals surface area contributed by atoms with Gasteiger partial charge in [-0.1, -0.05) is 13.8 Å². The van der Waals surface area contributed by atoms with Gasteiger partial charge in [0.1, 0.15) is 0 Å². The van der Waals surface area contributed by atoms with Crippen LogP contribution in [0.25, 0.3) is 0 Å². The normalized spacial score (nSPS) is 11.1. The maximum atomic E-state index is 5.50. The first kappa shape index (κ1) is 12.8. The molecule has 0 atom stereocenters. The quantitative estimate of drug-likeness (QED) is 0.544. The molecule has 0 rings (SSSR count). The van der Waals surface area contributed by atoms with Crippen LogP contribution >= 0.6 is 0 Å². The smallest absolute Gasteiger partial charge is 0.391 e. The van der Waals surface area contributed by atoms with Crippen molar-refractivity contribution in [2.45, 2.75) is 27.7 Å². The fourth-order valence-electron chi connectivity index (χ4n) is 0.547. The van der Waals surface area contributed by atoms with Gasteiger partial charge in [-0.25, -0.2) is 0 Å². The van der Waals surface area contributed by atoms with Crippen molar-refractivity contribution < 1.29 is 21.1 Å². The van der Waals surface area contributed by atoms with Crippen LogP contribution in [0.4, 0.5) is 0 Å². The number of hydrogen-bond donors (Lipinski definition) is 0. The Morgan fingerprint density at radius 1 is 1.30 bits per heavy atom. The van der Waals surface area contributed by atoms with Crippen LogP contribution in [0.2, 0.25) is 0 Å². The molecule has 0 N–H and O–H groups in total. The molecule has 0 bridgehead atoms. The van der Waals surface area contributed by atoms with Gasteiger partial charge in [0.2, 0.25) is 0 Å². The molecule has 0 nitrogen and oxygen atoms in total. The van der Waals surface area contributed by atoms with Gasteiger partial charge in [0.05, 0.1) is 0 Å². The van der Waals surface area contributed by atoms with E-state index in [1.165, 1.54) is 0 Å². The van der Waals surface area contributed by atoms with E-state index in [2.05, 4.69) is 19.9 Å². The summed E-state index contributed by atoms with van der Waals surface area (Å²) in [4.78, 5) is 0. The minimum Gasteiger partial charge on any atom is -0.391 e. The first-order valence-corrected chi connectivity index (χ1v) is 3.23. The van der Waals surface area contributed by atoms with Crippen molar-refractivity contribution in [3.63, 3.8) is 0 Å². The van der Waals surface area contributed by atoms with E-state index in [0.29, 0.717) is 5.92 Å². The van der Waals surface area contributed by atoms with E-state index in [1.54, 1.807) is 0 Å². The Morgan fingerprint density at radius 2 is 1.70 bits per heavy atom. The molecule has 0 spiro atoms. The van der Waals surface area contributed by atoms with Gasteiger partial charge in [-0.05, 0) is 0 Å². The van der Waals surface area contributed by atoms with Gasteiger partial charge in [0.25, 0.3) is 0 Å². The molecule has 0 aliphatic carbocycles. The summed E-state index contributed by atoms with van der Waals surface area (Å²) in [5.74, 6) is 0.475. The Hall–Kier alpha value is 0.168. The molecule has 0 saturated heterocycles. The SMILES string of the molecule is [CH-]=C(C)C(C)=[C-]C(C)C.[W+2]. The third-order valence-corrected chi connectivity index (χ3v) is 1.10. The molecule has 0 aromatic rings. The van der Waals surface area contributed by atoms with E-state index in [-0.39, 0.29) is 21.1 Å². The summed E-state index contributed by atoms with van der Waals surface area (Å²) >= 11 is 0. The maximum absolute atomic E-state index is 5.50. The van der Waals surface area contributed by atoms with Crippen LogP contribution < -0.4 is 0 Å². The second-order valence-corrected chi connectivity index (χ2v) is 2.61. The molecule has 0 aromatic heterocycles. The number of allylic oxidation sites excluding steroid dienone is 3. The van der Waals surface area contributed by atoms with E-state index in [4.69, 9.17) is 6.58 Å². The summed E-state index contributed by atoms with van der Waals surface area (Å²) in [5.41, 5.74) is 1.94. The molecule has 0 unspecified atom stereocenters. The van der Waals surface area contributed by atoms with Gasteiger partial charge in [0.15, 0.2) is 0 Å². The Kier molecular flexibility index (Phi) is 7.58. The molecule has 0 aliphatic heterocycles. The van der Waals surface area contributed by atoms with Gasteiger partial charge in [0, 0.05) is 0 Å². The fourth-order valence-corrected chi connectivity index (χ4v) is 0.547. The van der Waals surface area contributed by atoms with Crippen LogP contribution in [0, 0.1) is 18.6 Å². The molecule has 0 fully saturated rings. The standard InChI is InChI=1S/C9H14.W/c1-7(2)6-9(5)8(3)4;/h3,7H,1-2,4-5H3;/q-2;+2. The maximum Gasteiger partial charge on any atom is 2.00 e. The fraction of sp³-hybridized carbons (Fsp3) is 0.556. The predicted molar refractivity (Wildman–Crippen MR) is 40.8 cm³/mol. The minimum absolute atomic E-state index is 0. The second-order valence-electron chi connectivity index (χ2n) is 2.61. The van der Waals surface area contributed by atoms with Crippen LogP contribution in [0.3, 0.4) is 0 Å². The van der Waals surface area contributed by atoms with Crippen LogP contribution in [0.5, 0.6) is 0 Å². The van der Waals surface area contributed by atoms with E-state index >= 15 is 0 Å². The Balaban J connectivity index is 0. The average Bonchev–Trinajstić information content (AvgIpc) is 1.63. The van der Waals surface area contributed by atoms with Crippen molar-refractivity contribution in [3.05, 3.63) is 23.8 Å². The minimum atomic E-state index is 0. The Bertz CT molecular complexity index is 132. The summed E-state index contributed by atoms with van der Waals surface area (Å²) in [6.07, 6.45) is 3.20. The molecular weight excluding hydrogens is 292 g/mol. The first-order valence-electron chi connectivity index (χ1n) is 3.23. The molecule has 10 heavy (non-hydrogen) atoms. The Morgan fingerprint density at radius 3 is 1.80 bits per heavy atom. The van der Waals surface area contributed by atoms with E-state index in [0.717, 1.165) is 11.1 Å². The van der Waals surface area contributed by atoms with Crippen LogP contribution in [0.15, 0.2) is 11.1 Å². The van der Waals surface area contributed by atoms with E-state index in [9.17, 15) is 0 Å². The van der Waals surface area contributed by atoms with Gasteiger partial charge >= 0.3 is 21.1 Å². The van der Waals surface area contributed by atoms with Crippen LogP contribution in [0.1, 0.15) is 27.7 Å². The molecular formula is C9H14W. The first-order chi connectivity index (χ1) is 4.04. The van der Waals surface area contributed by atoms with Crippen molar-refractivity contribution in [3.8, 4) is 0 Å². The summed E-state index contributed by atoms with van der Waals surface area (Å²) < 4.78 is 0. The molecule has 0 heterocycles. The number of rotatable bonds is 2. The molecule has 0 amide bonds. The van der Waals surface area contributed by atoms with Crippen molar-refractivity contribution in [1.29, 1.82) is 0 Å². The van der Waals surface area contributed by atoms with Crippen LogP contribution in [-0.2, 0) is 21.1 Å². The molecule has 0 saturated carbocycles. The summed E-state index contributed by atoms with van der Waals surface area (Å²) in [5, 5.41) is 0. The average molecular weight is 306 g/mol. The predicted octanol–water partition coefficient (Wildman–Crippen LogP) is 2.77. The zero-order valence-electron chi connectivity index (χ0n) is 7.06. The van der Waals surface area contributed by atoms with Gasteiger partial charge in [-0.15, -0.1) is 19.8 Å². The summed E-state index contributed by atoms with van der Waals surface area (Å²) in [7, 11) is 0. The Labute approximate surface area is 78.7 Å². The second kappa shape index (κ2) is 5.92. The molecule has 0 radical (unpaired) electrons. The monoisotopic (exact) mass is 306 g/mol. The van der Waals surface area contributed by atoms with Crippen LogP contribution in [-0.4, -0.2) is 0 Å². The van der Waals surface area contributed by atoms with Gasteiger partial charge < -0.3 is 23.8 Å². The third kappa shape index (κ3) is 6.29. The topological polar surface area (TPSA) is 0 Å². The molecule has 0 aliphatic rings. The molecule has 56 valence electrons. The van der Waals surface area contributed by atoms with Crippen molar-refractivity contribution >= 4 is 0 Å². The molecule has 0 aromatic carbocycles. The molecule has 1 heteroatoms. The largest absolute Gasteiger partial charge is 2.00 e. The summed E-state index contributed by atoms with van der Waals surface area (Å²) in [6.45, 7) is 13.6. The van der Waals surface area contributed by atoms with Gasteiger partial charge in [-0.3, -0.25) is 0 Å². The van der Waals surface area contributed by atoms with Crippen molar-refractivity contribution in [2.75, 3.05) is 0 Å². The van der Waals surface area contributed by atoms with E-state index in [1.807, 2.05) is 13.8 Å². The van der Waals surface area contributed by atoms with Crippen molar-refractivity contribution in [2.24, 2.45) is 5.92 Å². The van der Waals surface area contributed by atoms with Gasteiger partial charge in [-0.2, -0.15) is 0 Å². The zero-order chi connectivity index (χ0) is 7.44.